The Morgan fingerprint density at radius 1 is 1.15 bits per heavy atom. The fourth-order valence-electron chi connectivity index (χ4n) is 4.64. The zero-order valence-corrected chi connectivity index (χ0v) is 18.9. The third-order valence-electron chi connectivity index (χ3n) is 6.34. The summed E-state index contributed by atoms with van der Waals surface area (Å²) >= 11 is 0. The minimum Gasteiger partial charge on any atom is -0.484 e. The zero-order chi connectivity index (χ0) is 23.8. The number of nitrogens with zero attached hydrogens (tertiary/aromatic N) is 1. The van der Waals surface area contributed by atoms with Gasteiger partial charge in [-0.3, -0.25) is 4.79 Å². The molecule has 174 valence electrons. The zero-order valence-electron chi connectivity index (χ0n) is 18.9. The van der Waals surface area contributed by atoms with Crippen molar-refractivity contribution in [2.45, 2.75) is 32.4 Å². The van der Waals surface area contributed by atoms with Gasteiger partial charge in [0.1, 0.15) is 17.4 Å². The summed E-state index contributed by atoms with van der Waals surface area (Å²) in [6.45, 7) is 1.94. The number of aromatic amines is 1. The summed E-state index contributed by atoms with van der Waals surface area (Å²) in [5.41, 5.74) is 3.74. The van der Waals surface area contributed by atoms with Crippen molar-refractivity contribution in [1.29, 1.82) is 0 Å². The van der Waals surface area contributed by atoms with Crippen LogP contribution < -0.4 is 10.4 Å². The van der Waals surface area contributed by atoms with Gasteiger partial charge in [-0.15, -0.1) is 0 Å². The molecule has 1 aliphatic heterocycles. The summed E-state index contributed by atoms with van der Waals surface area (Å²) in [5, 5.41) is 1.87. The molecule has 0 saturated heterocycles. The lowest BCUT2D eigenvalue weighted by atomic mass is 9.96. The number of amides is 1. The summed E-state index contributed by atoms with van der Waals surface area (Å²) in [7, 11) is 1.32. The SMILES string of the molecule is CCc1cc(=O)oc2cc(OCC(=O)N3Cc4[nH]c5ccccc5c4CC3C(=O)OC)ccc12. The van der Waals surface area contributed by atoms with Crippen molar-refractivity contribution >= 4 is 33.7 Å². The van der Waals surface area contributed by atoms with Crippen LogP contribution in [0, 0.1) is 0 Å². The quantitative estimate of drug-likeness (QED) is 0.362. The topological polar surface area (TPSA) is 102 Å². The molecule has 2 aromatic carbocycles. The summed E-state index contributed by atoms with van der Waals surface area (Å²) in [6, 6.07) is 13.7. The number of methoxy groups -OCH3 is 1. The molecule has 1 unspecified atom stereocenters. The van der Waals surface area contributed by atoms with Crippen molar-refractivity contribution < 1.29 is 23.5 Å². The number of rotatable bonds is 5. The van der Waals surface area contributed by atoms with E-state index >= 15 is 0 Å². The van der Waals surface area contributed by atoms with Gasteiger partial charge < -0.3 is 23.8 Å². The molecule has 8 heteroatoms. The van der Waals surface area contributed by atoms with Gasteiger partial charge in [-0.25, -0.2) is 9.59 Å². The van der Waals surface area contributed by atoms with Gasteiger partial charge >= 0.3 is 11.6 Å². The first-order valence-electron chi connectivity index (χ1n) is 11.1. The van der Waals surface area contributed by atoms with E-state index in [9.17, 15) is 14.4 Å². The van der Waals surface area contributed by atoms with Crippen LogP contribution in [0.1, 0.15) is 23.7 Å². The van der Waals surface area contributed by atoms with Gasteiger partial charge in [-0.05, 0) is 35.7 Å². The smallest absolute Gasteiger partial charge is 0.336 e. The van der Waals surface area contributed by atoms with E-state index < -0.39 is 17.6 Å². The summed E-state index contributed by atoms with van der Waals surface area (Å²) in [5.74, 6) is -0.414. The molecule has 4 aromatic rings. The predicted octanol–water partition coefficient (Wildman–Crippen LogP) is 3.34. The normalized spacial score (nSPS) is 15.4. The number of hydrogen-bond donors (Lipinski definition) is 1. The number of fused-ring (bicyclic) bond motifs is 4. The van der Waals surface area contributed by atoms with Crippen LogP contribution >= 0.6 is 0 Å². The highest BCUT2D eigenvalue weighted by Crippen LogP contribution is 2.31. The van der Waals surface area contributed by atoms with Crippen LogP contribution in [0.3, 0.4) is 0 Å². The first-order chi connectivity index (χ1) is 16.5. The number of ether oxygens (including phenoxy) is 2. The van der Waals surface area contributed by atoms with Gasteiger partial charge in [0.2, 0.25) is 0 Å². The van der Waals surface area contributed by atoms with Gasteiger partial charge in [-0.2, -0.15) is 0 Å². The molecule has 0 spiro atoms. The molecule has 0 bridgehead atoms. The van der Waals surface area contributed by atoms with Crippen LogP contribution in [0.4, 0.5) is 0 Å². The number of para-hydroxylation sites is 1. The number of esters is 1. The Kier molecular flexibility index (Phi) is 5.57. The van der Waals surface area contributed by atoms with E-state index in [0.29, 0.717) is 24.2 Å². The minimum atomic E-state index is -0.741. The first kappa shape index (κ1) is 21.8. The molecule has 0 aliphatic carbocycles. The molecule has 0 saturated carbocycles. The molecule has 2 aromatic heterocycles. The highest BCUT2D eigenvalue weighted by Gasteiger charge is 2.37. The highest BCUT2D eigenvalue weighted by atomic mass is 16.5. The van der Waals surface area contributed by atoms with Gasteiger partial charge in [0.05, 0.1) is 13.7 Å². The number of nitrogens with one attached hydrogen (secondary N) is 1. The van der Waals surface area contributed by atoms with Crippen molar-refractivity contribution in [3.05, 3.63) is 75.8 Å². The van der Waals surface area contributed by atoms with Crippen molar-refractivity contribution in [2.24, 2.45) is 0 Å². The standard InChI is InChI=1S/C26H24N2O6/c1-3-15-10-25(30)34-23-11-16(8-9-17(15)23)33-14-24(29)28-13-21-19(12-22(28)26(31)32-2)18-6-4-5-7-20(18)27-21/h4-11,22,27H,3,12-14H2,1-2H3. The number of H-pyrrole nitrogens is 1. The van der Waals surface area contributed by atoms with Gasteiger partial charge in [-0.1, -0.05) is 25.1 Å². The second kappa shape index (κ2) is 8.70. The molecule has 3 heterocycles. The summed E-state index contributed by atoms with van der Waals surface area (Å²) < 4.78 is 16.0. The fraction of sp³-hybridized carbons (Fsp3) is 0.269. The number of benzene rings is 2. The summed E-state index contributed by atoms with van der Waals surface area (Å²) in [6.07, 6.45) is 1.05. The largest absolute Gasteiger partial charge is 0.484 e. The third-order valence-corrected chi connectivity index (χ3v) is 6.34. The molecular formula is C26H24N2O6. The monoisotopic (exact) mass is 460 g/mol. The van der Waals surface area contributed by atoms with E-state index in [1.165, 1.54) is 18.1 Å². The molecule has 1 atom stereocenters. The molecule has 34 heavy (non-hydrogen) atoms. The van der Waals surface area contributed by atoms with Crippen molar-refractivity contribution in [3.8, 4) is 5.75 Å². The van der Waals surface area contributed by atoms with E-state index in [0.717, 1.165) is 33.1 Å². The molecule has 5 rings (SSSR count). The molecule has 1 N–H and O–H groups in total. The second-order valence-corrected chi connectivity index (χ2v) is 8.28. The number of aryl methyl sites for hydroxylation is 1. The maximum atomic E-state index is 13.2. The Bertz CT molecular complexity index is 1470. The number of hydrogen-bond acceptors (Lipinski definition) is 6. The molecular weight excluding hydrogens is 436 g/mol. The van der Waals surface area contributed by atoms with E-state index in [-0.39, 0.29) is 19.1 Å². The Morgan fingerprint density at radius 3 is 2.76 bits per heavy atom. The van der Waals surface area contributed by atoms with Crippen LogP contribution in [0.5, 0.6) is 5.75 Å². The third kappa shape index (κ3) is 3.81. The Morgan fingerprint density at radius 2 is 1.97 bits per heavy atom. The highest BCUT2D eigenvalue weighted by molar-refractivity contribution is 5.90. The molecule has 1 aliphatic rings. The van der Waals surface area contributed by atoms with E-state index in [1.54, 1.807) is 12.1 Å². The van der Waals surface area contributed by atoms with Crippen molar-refractivity contribution in [3.63, 3.8) is 0 Å². The van der Waals surface area contributed by atoms with E-state index in [4.69, 9.17) is 13.9 Å². The van der Waals surface area contributed by atoms with Crippen LogP contribution in [0.2, 0.25) is 0 Å². The number of carbonyl (C=O) groups excluding carboxylic acids is 2. The van der Waals surface area contributed by atoms with Crippen LogP contribution in [0.15, 0.2) is 57.7 Å². The Hall–Kier alpha value is -4.07. The lowest BCUT2D eigenvalue weighted by Gasteiger charge is -2.33. The molecule has 0 radical (unpaired) electrons. The molecule has 8 nitrogen and oxygen atoms in total. The predicted molar refractivity (Wildman–Crippen MR) is 126 cm³/mol. The van der Waals surface area contributed by atoms with Gasteiger partial charge in [0.15, 0.2) is 6.61 Å². The van der Waals surface area contributed by atoms with Gasteiger partial charge in [0.25, 0.3) is 5.91 Å². The average molecular weight is 460 g/mol. The van der Waals surface area contributed by atoms with Crippen molar-refractivity contribution in [1.82, 2.24) is 9.88 Å². The van der Waals surface area contributed by atoms with Gasteiger partial charge in [0, 0.05) is 40.5 Å². The second-order valence-electron chi connectivity index (χ2n) is 8.28. The van der Waals surface area contributed by atoms with E-state index in [1.807, 2.05) is 37.3 Å². The van der Waals surface area contributed by atoms with Crippen molar-refractivity contribution in [2.75, 3.05) is 13.7 Å². The van der Waals surface area contributed by atoms with Crippen LogP contribution in [-0.4, -0.2) is 41.5 Å². The van der Waals surface area contributed by atoms with E-state index in [2.05, 4.69) is 4.98 Å². The molecule has 1 amide bonds. The number of aromatic nitrogens is 1. The maximum absolute atomic E-state index is 13.2. The maximum Gasteiger partial charge on any atom is 0.336 e. The molecule has 0 fully saturated rings. The Labute approximate surface area is 195 Å². The first-order valence-corrected chi connectivity index (χ1v) is 11.1. The minimum absolute atomic E-state index is 0.248. The van der Waals surface area contributed by atoms with Crippen LogP contribution in [-0.2, 0) is 33.7 Å². The lowest BCUT2D eigenvalue weighted by Crippen LogP contribution is -2.50. The Balaban J connectivity index is 1.38. The average Bonchev–Trinajstić information content (AvgIpc) is 3.22. The van der Waals surface area contributed by atoms with Crippen LogP contribution in [0.25, 0.3) is 21.9 Å². The summed E-state index contributed by atoms with van der Waals surface area (Å²) in [4.78, 5) is 42.4. The fourth-order valence-corrected chi connectivity index (χ4v) is 4.64. The number of carbonyl (C=O) groups is 2. The lowest BCUT2D eigenvalue weighted by molar-refractivity contribution is -0.154.